The molecule has 0 spiro atoms. The zero-order valence-electron chi connectivity index (χ0n) is 7.31. The summed E-state index contributed by atoms with van der Waals surface area (Å²) in [5, 5.41) is 4.14. The van der Waals surface area contributed by atoms with Gasteiger partial charge in [-0.05, 0) is 41.7 Å². The average Bonchev–Trinajstić information content (AvgIpc) is 2.71. The van der Waals surface area contributed by atoms with Gasteiger partial charge in [0.15, 0.2) is 0 Å². The Morgan fingerprint density at radius 2 is 2.46 bits per heavy atom. The van der Waals surface area contributed by atoms with Gasteiger partial charge in [-0.15, -0.1) is 0 Å². The van der Waals surface area contributed by atoms with Crippen molar-refractivity contribution < 1.29 is 9.53 Å². The Bertz CT molecular complexity index is 268. The number of ether oxygens (including phenoxy) is 1. The standard InChI is InChI=1S/C10H12O2S/c11-6-9-2-1-3-10(12-9)8-4-5-13-7-8/h4-7,9-10H,1-3H2. The quantitative estimate of drug-likeness (QED) is 0.679. The van der Waals surface area contributed by atoms with Crippen molar-refractivity contribution in [1.29, 1.82) is 0 Å². The van der Waals surface area contributed by atoms with Crippen LogP contribution in [0.3, 0.4) is 0 Å². The third-order valence-electron chi connectivity index (χ3n) is 2.36. The largest absolute Gasteiger partial charge is 0.363 e. The van der Waals surface area contributed by atoms with Gasteiger partial charge < -0.3 is 9.53 Å². The molecule has 0 aromatic carbocycles. The van der Waals surface area contributed by atoms with Crippen molar-refractivity contribution in [2.45, 2.75) is 31.5 Å². The minimum absolute atomic E-state index is 0.148. The molecule has 2 rings (SSSR count). The highest BCUT2D eigenvalue weighted by atomic mass is 32.1. The molecule has 1 saturated heterocycles. The lowest BCUT2D eigenvalue weighted by Crippen LogP contribution is -2.23. The molecule has 0 bridgehead atoms. The summed E-state index contributed by atoms with van der Waals surface area (Å²) in [5.74, 6) is 0. The number of thiophene rings is 1. The van der Waals surface area contributed by atoms with Gasteiger partial charge >= 0.3 is 0 Å². The van der Waals surface area contributed by atoms with E-state index in [4.69, 9.17) is 4.74 Å². The zero-order valence-corrected chi connectivity index (χ0v) is 8.13. The highest BCUT2D eigenvalue weighted by Crippen LogP contribution is 2.31. The molecular weight excluding hydrogens is 184 g/mol. The predicted molar refractivity (Wildman–Crippen MR) is 51.8 cm³/mol. The first-order valence-electron chi connectivity index (χ1n) is 4.53. The highest BCUT2D eigenvalue weighted by Gasteiger charge is 2.23. The van der Waals surface area contributed by atoms with Crippen LogP contribution in [0.15, 0.2) is 16.8 Å². The molecule has 0 amide bonds. The maximum Gasteiger partial charge on any atom is 0.148 e. The van der Waals surface area contributed by atoms with E-state index < -0.39 is 0 Å². The highest BCUT2D eigenvalue weighted by molar-refractivity contribution is 7.07. The van der Waals surface area contributed by atoms with Gasteiger partial charge in [-0.25, -0.2) is 0 Å². The fourth-order valence-corrected chi connectivity index (χ4v) is 2.36. The summed E-state index contributed by atoms with van der Waals surface area (Å²) in [7, 11) is 0. The first-order chi connectivity index (χ1) is 6.40. The molecule has 2 atom stereocenters. The topological polar surface area (TPSA) is 26.3 Å². The maximum absolute atomic E-state index is 10.6. The monoisotopic (exact) mass is 196 g/mol. The number of rotatable bonds is 2. The fourth-order valence-electron chi connectivity index (χ4n) is 1.66. The van der Waals surface area contributed by atoms with Crippen LogP contribution in [-0.4, -0.2) is 12.4 Å². The lowest BCUT2D eigenvalue weighted by Gasteiger charge is -2.26. The van der Waals surface area contributed by atoms with Crippen LogP contribution in [0.2, 0.25) is 0 Å². The summed E-state index contributed by atoms with van der Waals surface area (Å²) in [6, 6.07) is 2.07. The van der Waals surface area contributed by atoms with E-state index in [1.165, 1.54) is 5.56 Å². The number of aldehydes is 1. The molecule has 1 aliphatic rings. The van der Waals surface area contributed by atoms with Crippen molar-refractivity contribution in [3.8, 4) is 0 Å². The van der Waals surface area contributed by atoms with Crippen molar-refractivity contribution in [3.63, 3.8) is 0 Å². The fraction of sp³-hybridized carbons (Fsp3) is 0.500. The molecule has 13 heavy (non-hydrogen) atoms. The van der Waals surface area contributed by atoms with Crippen LogP contribution in [0.5, 0.6) is 0 Å². The Kier molecular flexibility index (Phi) is 2.76. The Labute approximate surface area is 81.5 Å². The first kappa shape index (κ1) is 8.91. The summed E-state index contributed by atoms with van der Waals surface area (Å²) in [5.41, 5.74) is 1.22. The summed E-state index contributed by atoms with van der Waals surface area (Å²) >= 11 is 1.67. The molecular formula is C10H12O2S. The van der Waals surface area contributed by atoms with Gasteiger partial charge in [0.2, 0.25) is 0 Å². The number of hydrogen-bond acceptors (Lipinski definition) is 3. The van der Waals surface area contributed by atoms with Crippen molar-refractivity contribution in [3.05, 3.63) is 22.4 Å². The van der Waals surface area contributed by atoms with Gasteiger partial charge in [0.1, 0.15) is 12.4 Å². The van der Waals surface area contributed by atoms with Crippen molar-refractivity contribution in [2.24, 2.45) is 0 Å². The molecule has 1 aliphatic heterocycles. The van der Waals surface area contributed by atoms with Gasteiger partial charge in [-0.2, -0.15) is 11.3 Å². The Hall–Kier alpha value is -0.670. The van der Waals surface area contributed by atoms with Gasteiger partial charge in [0.25, 0.3) is 0 Å². The van der Waals surface area contributed by atoms with Crippen LogP contribution in [0.25, 0.3) is 0 Å². The van der Waals surface area contributed by atoms with Gasteiger partial charge in [0, 0.05) is 0 Å². The van der Waals surface area contributed by atoms with Crippen LogP contribution in [0.1, 0.15) is 30.9 Å². The molecule has 0 saturated carbocycles. The minimum atomic E-state index is -0.182. The minimum Gasteiger partial charge on any atom is -0.363 e. The van der Waals surface area contributed by atoms with E-state index in [1.54, 1.807) is 11.3 Å². The van der Waals surface area contributed by atoms with E-state index in [0.29, 0.717) is 0 Å². The van der Waals surface area contributed by atoms with Crippen LogP contribution in [0, 0.1) is 0 Å². The number of carbonyl (C=O) groups is 1. The van der Waals surface area contributed by atoms with Gasteiger partial charge in [0.05, 0.1) is 6.10 Å². The van der Waals surface area contributed by atoms with Crippen LogP contribution in [-0.2, 0) is 9.53 Å². The second-order valence-corrected chi connectivity index (χ2v) is 4.07. The average molecular weight is 196 g/mol. The predicted octanol–water partition coefficient (Wildman–Crippen LogP) is 2.56. The maximum atomic E-state index is 10.6. The van der Waals surface area contributed by atoms with Crippen molar-refractivity contribution in [1.82, 2.24) is 0 Å². The number of carbonyl (C=O) groups excluding carboxylic acids is 1. The Morgan fingerprint density at radius 3 is 3.15 bits per heavy atom. The van der Waals surface area contributed by atoms with E-state index >= 15 is 0 Å². The first-order valence-corrected chi connectivity index (χ1v) is 5.47. The van der Waals surface area contributed by atoms with Gasteiger partial charge in [-0.3, -0.25) is 0 Å². The Morgan fingerprint density at radius 1 is 1.54 bits per heavy atom. The summed E-state index contributed by atoms with van der Waals surface area (Å²) in [4.78, 5) is 10.6. The third-order valence-corrected chi connectivity index (χ3v) is 3.06. The number of hydrogen-bond donors (Lipinski definition) is 0. The lowest BCUT2D eigenvalue weighted by atomic mass is 10.0. The second kappa shape index (κ2) is 4.03. The molecule has 0 N–H and O–H groups in total. The van der Waals surface area contributed by atoms with Crippen LogP contribution < -0.4 is 0 Å². The van der Waals surface area contributed by atoms with E-state index in [9.17, 15) is 4.79 Å². The van der Waals surface area contributed by atoms with Crippen molar-refractivity contribution >= 4 is 17.6 Å². The smallest absolute Gasteiger partial charge is 0.148 e. The zero-order chi connectivity index (χ0) is 9.10. The van der Waals surface area contributed by atoms with E-state index in [0.717, 1.165) is 25.5 Å². The molecule has 0 radical (unpaired) electrons. The SMILES string of the molecule is O=CC1CCCC(c2ccsc2)O1. The molecule has 1 fully saturated rings. The van der Waals surface area contributed by atoms with Gasteiger partial charge in [-0.1, -0.05) is 0 Å². The molecule has 2 heterocycles. The molecule has 70 valence electrons. The summed E-state index contributed by atoms with van der Waals surface area (Å²) in [6.07, 6.45) is 3.89. The summed E-state index contributed by atoms with van der Waals surface area (Å²) < 4.78 is 5.62. The van der Waals surface area contributed by atoms with Crippen LogP contribution in [0.4, 0.5) is 0 Å². The lowest BCUT2D eigenvalue weighted by molar-refractivity contribution is -0.127. The van der Waals surface area contributed by atoms with Crippen molar-refractivity contribution in [2.75, 3.05) is 0 Å². The van der Waals surface area contributed by atoms with Crippen LogP contribution >= 0.6 is 11.3 Å². The molecule has 2 nitrogen and oxygen atoms in total. The molecule has 1 aromatic heterocycles. The van der Waals surface area contributed by atoms with E-state index in [2.05, 4.69) is 11.4 Å². The third kappa shape index (κ3) is 1.98. The Balaban J connectivity index is 2.04. The molecule has 0 aliphatic carbocycles. The molecule has 1 aromatic rings. The van der Waals surface area contributed by atoms with E-state index in [-0.39, 0.29) is 12.2 Å². The second-order valence-electron chi connectivity index (χ2n) is 3.29. The van der Waals surface area contributed by atoms with E-state index in [1.807, 2.05) is 5.38 Å². The normalized spacial score (nSPS) is 28.6. The molecule has 3 heteroatoms. The molecule has 2 unspecified atom stereocenters. The summed E-state index contributed by atoms with van der Waals surface area (Å²) in [6.45, 7) is 0.